The van der Waals surface area contributed by atoms with E-state index in [0.29, 0.717) is 12.0 Å². The van der Waals surface area contributed by atoms with Crippen molar-refractivity contribution < 1.29 is 142 Å². The second-order valence-electron chi connectivity index (χ2n) is 31.1. The largest absolute Gasteiger partial charge is 0.508 e. The van der Waals surface area contributed by atoms with E-state index in [1.807, 2.05) is 0 Å². The molecule has 0 unspecified atom stereocenters. The smallest absolute Gasteiger partial charge is 0.326 e. The Hall–Kier alpha value is -12.8. The van der Waals surface area contributed by atoms with Crippen LogP contribution in [0, 0.1) is 17.8 Å². The highest BCUT2D eigenvalue weighted by Crippen LogP contribution is 2.22. The summed E-state index contributed by atoms with van der Waals surface area (Å²) in [7, 11) is 0. The summed E-state index contributed by atoms with van der Waals surface area (Å²) in [4.78, 5) is 268. The number of primary amides is 1. The molecule has 0 radical (unpaired) electrons. The number of carbonyl (C=O) groups excluding carboxylic acids is 17. The van der Waals surface area contributed by atoms with Crippen LogP contribution >= 0.6 is 0 Å². The second kappa shape index (κ2) is 54.8. The van der Waals surface area contributed by atoms with E-state index in [4.69, 9.17) is 17.2 Å². The molecule has 0 aromatic heterocycles. The highest BCUT2D eigenvalue weighted by molar-refractivity contribution is 6.01. The zero-order valence-electron chi connectivity index (χ0n) is 71.4. The molecule has 48 nitrogen and oxygen atoms in total. The van der Waals surface area contributed by atoms with Crippen LogP contribution in [0.2, 0.25) is 0 Å². The van der Waals surface area contributed by atoms with E-state index in [2.05, 4.69) is 79.8 Å². The SMILES string of the molecule is CC[C@H](C)[C@H](NC(=O)CNC(=O)CNC(=O)[C@@H](NC(=O)[C@H](CO)NC(=O)[C@H](CCCCN)NC(=O)[C@H](CCC(=O)O)NC(=O)[C@H](CC(=O)O)NC(=O)[C@H](Cc1ccc(O)cc1)NC(=O)CNC(=O)[C@H](Cc1ccc(O)cc1)NC(=O)[C@H](CO)NC(=O)[C@H](CC(C)C)NC(=O)[C@@H](N)CCC(N)=O)[C@@H](C)O)C(=O)N[C@@H](CO)C(=O)N[C@H](C(=O)N1CCC[C@H]1C(=O)O)C(C)C. The van der Waals surface area contributed by atoms with Gasteiger partial charge in [0, 0.05) is 32.2 Å². The van der Waals surface area contributed by atoms with E-state index in [9.17, 15) is 142 Å². The van der Waals surface area contributed by atoms with Gasteiger partial charge in [-0.3, -0.25) is 91.1 Å². The molecular formula is C79H121N19O29. The van der Waals surface area contributed by atoms with Crippen molar-refractivity contribution in [2.24, 2.45) is 35.0 Å². The van der Waals surface area contributed by atoms with Gasteiger partial charge in [0.05, 0.1) is 58.0 Å². The quantitative estimate of drug-likeness (QED) is 0.0274. The number of rotatable bonds is 57. The third kappa shape index (κ3) is 38.3. The number of phenols is 2. The first kappa shape index (κ1) is 108. The maximum atomic E-state index is 14.4. The second-order valence-corrected chi connectivity index (χ2v) is 31.1. The molecule has 2 aromatic carbocycles. The number of aliphatic carboxylic acids is 3. The van der Waals surface area contributed by atoms with E-state index in [0.717, 1.165) is 11.8 Å². The molecule has 3 rings (SSSR count). The molecule has 48 heteroatoms. The number of aliphatic hydroxyl groups is 4. The molecule has 1 aliphatic rings. The minimum Gasteiger partial charge on any atom is -0.508 e. The first-order valence-electron chi connectivity index (χ1n) is 41.0. The van der Waals surface area contributed by atoms with Gasteiger partial charge in [0.2, 0.25) is 100 Å². The summed E-state index contributed by atoms with van der Waals surface area (Å²) in [6.07, 6.45) is -5.34. The van der Waals surface area contributed by atoms with Gasteiger partial charge in [-0.1, -0.05) is 72.2 Å². The topological polar surface area (TPSA) is 785 Å². The number of carboxylic acids is 3. The number of nitrogens with two attached hydrogens (primary N) is 3. The van der Waals surface area contributed by atoms with Crippen LogP contribution in [0.3, 0.4) is 0 Å². The number of nitrogens with zero attached hydrogens (tertiary/aromatic N) is 1. The molecule has 17 amide bonds. The lowest BCUT2D eigenvalue weighted by molar-refractivity contribution is -0.150. The molecule has 30 N–H and O–H groups in total. The molecule has 0 saturated carbocycles. The van der Waals surface area contributed by atoms with Gasteiger partial charge in [-0.2, -0.15) is 0 Å². The first-order chi connectivity index (χ1) is 59.8. The Labute approximate surface area is 729 Å². The van der Waals surface area contributed by atoms with E-state index in [1.54, 1.807) is 41.5 Å². The summed E-state index contributed by atoms with van der Waals surface area (Å²) in [5.74, 6) is -25.1. The molecule has 0 bridgehead atoms. The third-order valence-corrected chi connectivity index (χ3v) is 20.0. The van der Waals surface area contributed by atoms with E-state index < -0.39 is 286 Å². The Morgan fingerprint density at radius 2 is 0.866 bits per heavy atom. The predicted molar refractivity (Wildman–Crippen MR) is 443 cm³/mol. The van der Waals surface area contributed by atoms with Crippen molar-refractivity contribution in [1.82, 2.24) is 84.7 Å². The number of carboxylic acid groups (broad SMARTS) is 3. The Bertz CT molecular complexity index is 4140. The van der Waals surface area contributed by atoms with Crippen molar-refractivity contribution in [3.63, 3.8) is 0 Å². The van der Waals surface area contributed by atoms with Crippen molar-refractivity contribution >= 4 is 118 Å². The van der Waals surface area contributed by atoms with Gasteiger partial charge in [-0.05, 0) is 118 Å². The standard InChI is InChI=1S/C79H121N19O29/c1-8-40(6)64(77(124)94-55(37-101)74(121)96-63(39(4)5)78(125)98-27-11-13-56(98)79(126)127)95-60(108)33-83-58(106)32-85-76(123)65(41(7)102)97-75(122)54(36-100)92-68(115)47(12-9-10-26-80)87-69(116)48(23-25-61(109)110)88-72(119)52(31-62(111)112)91-71(118)51(30-43-16-20-45(104)21-17-43)86-59(107)34-84-67(114)50(29-42-14-18-44(103)19-15-42)90-73(120)53(35-99)93-70(117)49(28-38(2)3)89-66(113)46(81)22-24-57(82)105/h14-21,38-41,46-56,63-65,99-104H,8-13,22-37,80-81H2,1-7H3,(H2,82,105)(H,83,106)(H,84,114)(H,85,123)(H,86,107)(H,87,116)(H,88,119)(H,89,113)(H,90,120)(H,91,118)(H,92,115)(H,93,117)(H,94,124)(H,95,108)(H,96,121)(H,97,122)(H,109,110)(H,111,112)(H,126,127)/t40-,41+,46-,47-,48-,49-,50-,51-,52-,53-,54-,55-,56-,63-,64-,65-/m0/s1. The summed E-state index contributed by atoms with van der Waals surface area (Å²) in [6, 6.07) is -13.1. The minimum absolute atomic E-state index is 0.0121. The van der Waals surface area contributed by atoms with Crippen molar-refractivity contribution in [2.75, 3.05) is 52.5 Å². The summed E-state index contributed by atoms with van der Waals surface area (Å²) in [5.41, 5.74) is 17.3. The average molecular weight is 1800 g/mol. The minimum atomic E-state index is -2.20. The average Bonchev–Trinajstić information content (AvgIpc) is 1.66. The lowest BCUT2D eigenvalue weighted by Gasteiger charge is -2.31. The maximum absolute atomic E-state index is 14.4. The first-order valence-corrected chi connectivity index (χ1v) is 41.0. The maximum Gasteiger partial charge on any atom is 0.326 e. The van der Waals surface area contributed by atoms with Gasteiger partial charge < -0.3 is 148 Å². The molecule has 0 aliphatic carbocycles. The van der Waals surface area contributed by atoms with Crippen LogP contribution in [0.15, 0.2) is 48.5 Å². The molecule has 706 valence electrons. The molecule has 1 saturated heterocycles. The van der Waals surface area contributed by atoms with E-state index in [-0.39, 0.29) is 93.9 Å². The van der Waals surface area contributed by atoms with Gasteiger partial charge >= 0.3 is 17.9 Å². The lowest BCUT2D eigenvalue weighted by atomic mass is 9.97. The molecule has 16 atom stereocenters. The molecular weight excluding hydrogens is 1680 g/mol. The van der Waals surface area contributed by atoms with Crippen molar-refractivity contribution in [2.45, 2.75) is 229 Å². The number of nitrogens with one attached hydrogen (secondary N) is 15. The Balaban J connectivity index is 1.80. The van der Waals surface area contributed by atoms with Crippen molar-refractivity contribution in [1.29, 1.82) is 0 Å². The molecule has 1 fully saturated rings. The summed E-state index contributed by atoms with van der Waals surface area (Å²) in [6.45, 7) is 4.91. The monoisotopic (exact) mass is 1800 g/mol. The van der Waals surface area contributed by atoms with E-state index in [1.165, 1.54) is 48.5 Å². The van der Waals surface area contributed by atoms with Crippen LogP contribution in [-0.2, 0) is 109 Å². The van der Waals surface area contributed by atoms with Gasteiger partial charge in [0.1, 0.15) is 90.0 Å². The number of unbranched alkanes of at least 4 members (excludes halogenated alkanes) is 1. The number of carbonyl (C=O) groups is 20. The van der Waals surface area contributed by atoms with Gasteiger partial charge in [0.15, 0.2) is 0 Å². The predicted octanol–water partition coefficient (Wildman–Crippen LogP) is -9.71. The van der Waals surface area contributed by atoms with Crippen LogP contribution in [0.1, 0.15) is 137 Å². The molecule has 0 spiro atoms. The highest BCUT2D eigenvalue weighted by atomic mass is 16.4. The van der Waals surface area contributed by atoms with Crippen molar-refractivity contribution in [3.05, 3.63) is 59.7 Å². The van der Waals surface area contributed by atoms with Crippen LogP contribution < -0.4 is 97.0 Å². The fourth-order valence-corrected chi connectivity index (χ4v) is 12.6. The zero-order chi connectivity index (χ0) is 95.6. The van der Waals surface area contributed by atoms with Crippen LogP contribution in [0.25, 0.3) is 0 Å². The molecule has 1 aliphatic heterocycles. The summed E-state index contributed by atoms with van der Waals surface area (Å²) < 4.78 is 0. The Morgan fingerprint density at radius 3 is 1.35 bits per heavy atom. The normalized spacial score (nSPS) is 15.9. The number of hydrogen-bond donors (Lipinski definition) is 27. The number of benzene rings is 2. The van der Waals surface area contributed by atoms with Gasteiger partial charge in [-0.15, -0.1) is 0 Å². The fraction of sp³-hybridized carbons (Fsp3) is 0.595. The number of hydrogen-bond acceptors (Lipinski definition) is 28. The lowest BCUT2D eigenvalue weighted by Crippen LogP contribution is -2.61. The number of aromatic hydroxyl groups is 2. The van der Waals surface area contributed by atoms with Crippen LogP contribution in [0.4, 0.5) is 0 Å². The number of amides is 17. The summed E-state index contributed by atoms with van der Waals surface area (Å²) in [5, 5.41) is 125. The zero-order valence-corrected chi connectivity index (χ0v) is 71.4. The van der Waals surface area contributed by atoms with Crippen LogP contribution in [0.5, 0.6) is 11.5 Å². The van der Waals surface area contributed by atoms with Crippen molar-refractivity contribution in [3.8, 4) is 11.5 Å². The Morgan fingerprint density at radius 1 is 0.441 bits per heavy atom. The number of aliphatic hydroxyl groups excluding tert-OH is 4. The fourth-order valence-electron chi connectivity index (χ4n) is 12.6. The third-order valence-electron chi connectivity index (χ3n) is 20.0. The van der Waals surface area contributed by atoms with E-state index >= 15 is 0 Å². The van der Waals surface area contributed by atoms with Gasteiger partial charge in [0.25, 0.3) is 0 Å². The van der Waals surface area contributed by atoms with Gasteiger partial charge in [-0.25, -0.2) is 4.79 Å². The molecule has 2 aromatic rings. The number of likely N-dealkylation sites (tertiary alicyclic amines) is 1. The molecule has 1 heterocycles. The Kier molecular flexibility index (Phi) is 46.8. The highest BCUT2D eigenvalue weighted by Gasteiger charge is 2.42. The molecule has 127 heavy (non-hydrogen) atoms. The number of phenolic OH excluding ortho intramolecular Hbond substituents is 2. The summed E-state index contributed by atoms with van der Waals surface area (Å²) >= 11 is 0. The van der Waals surface area contributed by atoms with Crippen LogP contribution in [-0.4, -0.2) is 312 Å².